The van der Waals surface area contributed by atoms with E-state index in [0.717, 1.165) is 12.8 Å². The summed E-state index contributed by atoms with van der Waals surface area (Å²) in [6, 6.07) is 0. The molecule has 1 fully saturated rings. The molecule has 0 heterocycles. The van der Waals surface area contributed by atoms with E-state index in [1.165, 1.54) is 19.3 Å². The maximum atomic E-state index is 11.8. The summed E-state index contributed by atoms with van der Waals surface area (Å²) in [4.78, 5) is 0. The monoisotopic (exact) mass is 262 g/mol. The van der Waals surface area contributed by atoms with Crippen molar-refractivity contribution in [3.8, 4) is 0 Å². The molecule has 102 valence electrons. The quantitative estimate of drug-likeness (QED) is 0.761. The largest absolute Gasteiger partial charge is 0.330 e. The maximum Gasteiger partial charge on any atom is 0.211 e. The molecule has 0 aromatic heterocycles. The van der Waals surface area contributed by atoms with Crippen LogP contribution in [0.2, 0.25) is 0 Å². The molecule has 3 N–H and O–H groups in total. The van der Waals surface area contributed by atoms with Gasteiger partial charge in [-0.25, -0.2) is 13.1 Å². The third-order valence-electron chi connectivity index (χ3n) is 3.57. The van der Waals surface area contributed by atoms with Crippen molar-refractivity contribution >= 4 is 10.0 Å². The Labute approximate surface area is 105 Å². The third-order valence-corrected chi connectivity index (χ3v) is 5.26. The molecule has 1 aliphatic rings. The summed E-state index contributed by atoms with van der Waals surface area (Å²) in [7, 11) is -3.13. The molecule has 1 saturated carbocycles. The summed E-state index contributed by atoms with van der Waals surface area (Å²) in [5.74, 6) is 0.362. The highest BCUT2D eigenvalue weighted by Crippen LogP contribution is 2.34. The molecule has 0 bridgehead atoms. The van der Waals surface area contributed by atoms with Crippen LogP contribution in [-0.2, 0) is 10.0 Å². The van der Waals surface area contributed by atoms with Gasteiger partial charge in [-0.1, -0.05) is 33.1 Å². The number of hydrogen-bond acceptors (Lipinski definition) is 3. The topological polar surface area (TPSA) is 72.2 Å². The predicted octanol–water partition coefficient (Wildman–Crippen LogP) is 1.47. The van der Waals surface area contributed by atoms with Crippen LogP contribution in [-0.4, -0.2) is 27.3 Å². The van der Waals surface area contributed by atoms with Crippen molar-refractivity contribution in [2.24, 2.45) is 17.1 Å². The summed E-state index contributed by atoms with van der Waals surface area (Å²) >= 11 is 0. The van der Waals surface area contributed by atoms with Gasteiger partial charge in [0.05, 0.1) is 5.75 Å². The second kappa shape index (κ2) is 6.16. The van der Waals surface area contributed by atoms with E-state index in [1.54, 1.807) is 0 Å². The van der Waals surface area contributed by atoms with Crippen molar-refractivity contribution in [1.29, 1.82) is 0 Å². The van der Waals surface area contributed by atoms with E-state index in [9.17, 15) is 8.42 Å². The molecule has 0 atom stereocenters. The third kappa shape index (κ3) is 4.94. The molecule has 0 saturated heterocycles. The van der Waals surface area contributed by atoms with Gasteiger partial charge in [0.15, 0.2) is 0 Å². The lowest BCUT2D eigenvalue weighted by Crippen LogP contribution is -2.44. The van der Waals surface area contributed by atoms with E-state index in [1.807, 2.05) is 13.8 Å². The van der Waals surface area contributed by atoms with E-state index in [-0.39, 0.29) is 17.1 Å². The molecule has 1 aliphatic carbocycles. The van der Waals surface area contributed by atoms with E-state index in [0.29, 0.717) is 13.1 Å². The van der Waals surface area contributed by atoms with Gasteiger partial charge in [0.2, 0.25) is 10.0 Å². The van der Waals surface area contributed by atoms with Crippen molar-refractivity contribution in [1.82, 2.24) is 4.72 Å². The molecule has 17 heavy (non-hydrogen) atoms. The Balaban J connectivity index is 2.52. The lowest BCUT2D eigenvalue weighted by Gasteiger charge is -2.36. The average Bonchev–Trinajstić information content (AvgIpc) is 2.26. The predicted molar refractivity (Wildman–Crippen MR) is 71.2 cm³/mol. The minimum atomic E-state index is -3.13. The highest BCUT2D eigenvalue weighted by molar-refractivity contribution is 7.89. The zero-order chi connectivity index (χ0) is 12.9. The minimum Gasteiger partial charge on any atom is -0.330 e. The standard InChI is InChI=1S/C12H26N2O2S/c1-11(2)8-17(15,16)14-10-12(9-13)6-4-3-5-7-12/h11,14H,3-10,13H2,1-2H3. The Morgan fingerprint density at radius 2 is 1.82 bits per heavy atom. The van der Waals surface area contributed by atoms with Gasteiger partial charge in [-0.2, -0.15) is 0 Å². The first kappa shape index (κ1) is 14.9. The summed E-state index contributed by atoms with van der Waals surface area (Å²) in [5, 5.41) is 0. The Kier molecular flexibility index (Phi) is 5.41. The van der Waals surface area contributed by atoms with E-state index in [2.05, 4.69) is 4.72 Å². The van der Waals surface area contributed by atoms with Crippen molar-refractivity contribution in [3.05, 3.63) is 0 Å². The number of nitrogens with two attached hydrogens (primary N) is 1. The molecule has 0 unspecified atom stereocenters. The van der Waals surface area contributed by atoms with Crippen LogP contribution in [0, 0.1) is 11.3 Å². The average molecular weight is 262 g/mol. The maximum absolute atomic E-state index is 11.8. The molecule has 0 aromatic rings. The summed E-state index contributed by atoms with van der Waals surface area (Å²) < 4.78 is 26.3. The van der Waals surface area contributed by atoms with Crippen LogP contribution in [0.1, 0.15) is 46.0 Å². The van der Waals surface area contributed by atoms with Crippen molar-refractivity contribution in [2.75, 3.05) is 18.8 Å². The Bertz CT molecular complexity index is 319. The summed E-state index contributed by atoms with van der Waals surface area (Å²) in [6.07, 6.45) is 5.69. The van der Waals surface area contributed by atoms with Crippen LogP contribution >= 0.6 is 0 Å². The van der Waals surface area contributed by atoms with E-state index < -0.39 is 10.0 Å². The number of nitrogens with one attached hydrogen (secondary N) is 1. The molecular formula is C12H26N2O2S. The number of hydrogen-bond donors (Lipinski definition) is 2. The fourth-order valence-electron chi connectivity index (χ4n) is 2.52. The molecular weight excluding hydrogens is 236 g/mol. The van der Waals surface area contributed by atoms with Crippen LogP contribution in [0.25, 0.3) is 0 Å². The molecule has 0 radical (unpaired) electrons. The van der Waals surface area contributed by atoms with Crippen molar-refractivity contribution in [2.45, 2.75) is 46.0 Å². The lowest BCUT2D eigenvalue weighted by molar-refractivity contribution is 0.202. The molecule has 5 heteroatoms. The SMILES string of the molecule is CC(C)CS(=O)(=O)NCC1(CN)CCCCC1. The van der Waals surface area contributed by atoms with Crippen LogP contribution in [0.15, 0.2) is 0 Å². The first-order valence-corrected chi connectivity index (χ1v) is 8.22. The number of rotatable bonds is 6. The molecule has 0 aromatic carbocycles. The number of sulfonamides is 1. The second-order valence-corrected chi connectivity index (χ2v) is 7.61. The van der Waals surface area contributed by atoms with Gasteiger partial charge in [-0.3, -0.25) is 0 Å². The van der Waals surface area contributed by atoms with Gasteiger partial charge < -0.3 is 5.73 Å². The van der Waals surface area contributed by atoms with Gasteiger partial charge in [-0.15, -0.1) is 0 Å². The summed E-state index contributed by atoms with van der Waals surface area (Å²) in [5.41, 5.74) is 5.84. The zero-order valence-electron chi connectivity index (χ0n) is 11.0. The lowest BCUT2D eigenvalue weighted by atomic mass is 9.74. The van der Waals surface area contributed by atoms with E-state index >= 15 is 0 Å². The van der Waals surface area contributed by atoms with E-state index in [4.69, 9.17) is 5.73 Å². The highest BCUT2D eigenvalue weighted by atomic mass is 32.2. The second-order valence-electron chi connectivity index (χ2n) is 5.76. The first-order chi connectivity index (χ1) is 7.89. The van der Waals surface area contributed by atoms with Gasteiger partial charge >= 0.3 is 0 Å². The zero-order valence-corrected chi connectivity index (χ0v) is 11.9. The summed E-state index contributed by atoms with van der Waals surface area (Å²) in [6.45, 7) is 4.92. The molecule has 0 amide bonds. The van der Waals surface area contributed by atoms with Gasteiger partial charge in [-0.05, 0) is 30.7 Å². The Morgan fingerprint density at radius 3 is 2.29 bits per heavy atom. The van der Waals surface area contributed by atoms with Crippen molar-refractivity contribution < 1.29 is 8.42 Å². The normalized spacial score (nSPS) is 20.7. The molecule has 4 nitrogen and oxygen atoms in total. The minimum absolute atomic E-state index is 0.00228. The Morgan fingerprint density at radius 1 is 1.24 bits per heavy atom. The molecule has 0 spiro atoms. The van der Waals surface area contributed by atoms with Crippen LogP contribution in [0.4, 0.5) is 0 Å². The smallest absolute Gasteiger partial charge is 0.211 e. The Hall–Kier alpha value is -0.130. The van der Waals surface area contributed by atoms with Gasteiger partial charge in [0.25, 0.3) is 0 Å². The van der Waals surface area contributed by atoms with Crippen LogP contribution < -0.4 is 10.5 Å². The fraction of sp³-hybridized carbons (Fsp3) is 1.00. The van der Waals surface area contributed by atoms with Crippen LogP contribution in [0.3, 0.4) is 0 Å². The fourth-order valence-corrected chi connectivity index (χ4v) is 4.04. The molecule has 1 rings (SSSR count). The van der Waals surface area contributed by atoms with Gasteiger partial charge in [0.1, 0.15) is 0 Å². The van der Waals surface area contributed by atoms with Crippen molar-refractivity contribution in [3.63, 3.8) is 0 Å². The molecule has 0 aliphatic heterocycles. The highest BCUT2D eigenvalue weighted by Gasteiger charge is 2.31. The van der Waals surface area contributed by atoms with Gasteiger partial charge in [0, 0.05) is 6.54 Å². The first-order valence-electron chi connectivity index (χ1n) is 6.57. The van der Waals surface area contributed by atoms with Crippen LogP contribution in [0.5, 0.6) is 0 Å².